The molecular formula is C34H32ClN3O4S. The molecule has 0 saturated carbocycles. The summed E-state index contributed by atoms with van der Waals surface area (Å²) in [5, 5.41) is 8.69. The van der Waals surface area contributed by atoms with Crippen molar-refractivity contribution in [3.05, 3.63) is 125 Å². The molecule has 0 aliphatic carbocycles. The Bertz CT molecular complexity index is 1610. The topological polar surface area (TPSA) is 96.5 Å². The first kappa shape index (κ1) is 31.4. The SMILES string of the molecule is CCOc1ccccc1NC(=O)C(CC)Sc1cccc(NC(=O)/C(=C/c2cccc(Cl)c2)NC(=O)c2ccccc2)c1. The van der Waals surface area contributed by atoms with Gasteiger partial charge >= 0.3 is 0 Å². The quantitative estimate of drug-likeness (QED) is 0.113. The molecule has 4 aromatic rings. The molecule has 0 aliphatic rings. The number of carbonyl (C=O) groups is 3. The van der Waals surface area contributed by atoms with Crippen LogP contribution < -0.4 is 20.7 Å². The minimum atomic E-state index is -0.510. The second-order valence-corrected chi connectivity index (χ2v) is 11.1. The number of amides is 3. The van der Waals surface area contributed by atoms with Crippen molar-refractivity contribution in [3.63, 3.8) is 0 Å². The van der Waals surface area contributed by atoms with Crippen LogP contribution in [-0.2, 0) is 9.59 Å². The zero-order valence-corrected chi connectivity index (χ0v) is 25.4. The highest BCUT2D eigenvalue weighted by Gasteiger charge is 2.20. The van der Waals surface area contributed by atoms with Gasteiger partial charge in [-0.3, -0.25) is 14.4 Å². The fourth-order valence-corrected chi connectivity index (χ4v) is 5.31. The molecule has 1 unspecified atom stereocenters. The lowest BCUT2D eigenvalue weighted by atomic mass is 10.1. The number of hydrogen-bond donors (Lipinski definition) is 3. The number of carbonyl (C=O) groups excluding carboxylic acids is 3. The van der Waals surface area contributed by atoms with Crippen LogP contribution in [0, 0.1) is 0 Å². The van der Waals surface area contributed by atoms with Gasteiger partial charge in [0.25, 0.3) is 11.8 Å². The standard InChI is InChI=1S/C34H32ClN3O4S/c1-3-31(34(41)37-28-18-8-9-19-30(28)42-4-2)43-27-17-11-16-26(22-27)36-33(40)29(21-23-12-10-15-25(35)20-23)38-32(39)24-13-6-5-7-14-24/h5-22,31H,3-4H2,1-2H3,(H,36,40)(H,37,41)(H,38,39)/b29-21-. The Morgan fingerprint density at radius 3 is 2.35 bits per heavy atom. The predicted molar refractivity (Wildman–Crippen MR) is 175 cm³/mol. The first-order chi connectivity index (χ1) is 20.9. The van der Waals surface area contributed by atoms with Gasteiger partial charge in [-0.2, -0.15) is 0 Å². The minimum absolute atomic E-state index is 0.0490. The number of rotatable bonds is 12. The second-order valence-electron chi connectivity index (χ2n) is 9.35. The van der Waals surface area contributed by atoms with Gasteiger partial charge in [0, 0.05) is 21.2 Å². The zero-order valence-electron chi connectivity index (χ0n) is 23.8. The van der Waals surface area contributed by atoms with Crippen LogP contribution in [0.1, 0.15) is 36.2 Å². The lowest BCUT2D eigenvalue weighted by Gasteiger charge is -2.17. The van der Waals surface area contributed by atoms with Crippen molar-refractivity contribution in [1.29, 1.82) is 0 Å². The summed E-state index contributed by atoms with van der Waals surface area (Å²) in [4.78, 5) is 40.3. The molecule has 1 atom stereocenters. The van der Waals surface area contributed by atoms with Crippen molar-refractivity contribution in [3.8, 4) is 5.75 Å². The predicted octanol–water partition coefficient (Wildman–Crippen LogP) is 7.66. The minimum Gasteiger partial charge on any atom is -0.492 e. The third-order valence-corrected chi connectivity index (χ3v) is 7.76. The Labute approximate surface area is 260 Å². The van der Waals surface area contributed by atoms with E-state index in [0.29, 0.717) is 46.3 Å². The van der Waals surface area contributed by atoms with Gasteiger partial charge in [-0.05, 0) is 79.6 Å². The number of para-hydroxylation sites is 2. The van der Waals surface area contributed by atoms with Crippen molar-refractivity contribution in [2.75, 3.05) is 17.2 Å². The summed E-state index contributed by atoms with van der Waals surface area (Å²) in [5.41, 5.74) is 2.24. The molecule has 4 aromatic carbocycles. The number of hydrogen-bond acceptors (Lipinski definition) is 5. The zero-order chi connectivity index (χ0) is 30.6. The van der Waals surface area contributed by atoms with E-state index >= 15 is 0 Å². The van der Waals surface area contributed by atoms with Gasteiger partial charge in [-0.1, -0.05) is 67.1 Å². The maximum atomic E-state index is 13.4. The number of nitrogens with one attached hydrogen (secondary N) is 3. The average molecular weight is 614 g/mol. The summed E-state index contributed by atoms with van der Waals surface area (Å²) < 4.78 is 5.63. The smallest absolute Gasteiger partial charge is 0.272 e. The molecule has 3 N–H and O–H groups in total. The fraction of sp³-hybridized carbons (Fsp3) is 0.147. The van der Waals surface area contributed by atoms with Gasteiger partial charge in [-0.25, -0.2) is 0 Å². The Morgan fingerprint density at radius 1 is 0.860 bits per heavy atom. The third kappa shape index (κ3) is 9.23. The lowest BCUT2D eigenvalue weighted by molar-refractivity contribution is -0.116. The summed E-state index contributed by atoms with van der Waals surface area (Å²) in [6.45, 7) is 4.32. The van der Waals surface area contributed by atoms with E-state index in [4.69, 9.17) is 16.3 Å². The van der Waals surface area contributed by atoms with Crippen LogP contribution in [-0.4, -0.2) is 29.6 Å². The van der Waals surface area contributed by atoms with Crippen LogP contribution in [0.25, 0.3) is 6.08 Å². The molecular weight excluding hydrogens is 582 g/mol. The summed E-state index contributed by atoms with van der Waals surface area (Å²) >= 11 is 7.54. The van der Waals surface area contributed by atoms with Crippen molar-refractivity contribution >= 4 is 58.5 Å². The molecule has 3 amide bonds. The molecule has 0 spiro atoms. The number of benzene rings is 4. The highest BCUT2D eigenvalue weighted by atomic mass is 35.5. The van der Waals surface area contributed by atoms with Gasteiger partial charge in [-0.15, -0.1) is 11.8 Å². The van der Waals surface area contributed by atoms with Crippen LogP contribution in [0.15, 0.2) is 114 Å². The Morgan fingerprint density at radius 2 is 1.60 bits per heavy atom. The monoisotopic (exact) mass is 613 g/mol. The molecule has 4 rings (SSSR count). The summed E-state index contributed by atoms with van der Waals surface area (Å²) in [6.07, 6.45) is 2.15. The first-order valence-electron chi connectivity index (χ1n) is 13.8. The Kier molecular flexibility index (Phi) is 11.4. The normalized spacial score (nSPS) is 11.7. The van der Waals surface area contributed by atoms with Crippen molar-refractivity contribution < 1.29 is 19.1 Å². The molecule has 220 valence electrons. The van der Waals surface area contributed by atoms with E-state index in [1.165, 1.54) is 11.8 Å². The lowest BCUT2D eigenvalue weighted by Crippen LogP contribution is -2.30. The molecule has 0 heterocycles. The molecule has 0 radical (unpaired) electrons. The number of thioether (sulfide) groups is 1. The van der Waals surface area contributed by atoms with Crippen LogP contribution in [0.4, 0.5) is 11.4 Å². The van der Waals surface area contributed by atoms with Gasteiger partial charge in [0.2, 0.25) is 5.91 Å². The average Bonchev–Trinajstić information content (AvgIpc) is 3.01. The highest BCUT2D eigenvalue weighted by Crippen LogP contribution is 2.30. The van der Waals surface area contributed by atoms with E-state index in [2.05, 4.69) is 16.0 Å². The molecule has 0 bridgehead atoms. The summed E-state index contributed by atoms with van der Waals surface area (Å²) in [5.74, 6) is -0.465. The van der Waals surface area contributed by atoms with Crippen molar-refractivity contribution in [2.24, 2.45) is 0 Å². The molecule has 7 nitrogen and oxygen atoms in total. The summed E-state index contributed by atoms with van der Waals surface area (Å²) in [7, 11) is 0. The van der Waals surface area contributed by atoms with Crippen LogP contribution in [0.5, 0.6) is 5.75 Å². The summed E-state index contributed by atoms with van der Waals surface area (Å²) in [6, 6.07) is 30.2. The van der Waals surface area contributed by atoms with Crippen LogP contribution >= 0.6 is 23.4 Å². The number of ether oxygens (including phenoxy) is 1. The first-order valence-corrected chi connectivity index (χ1v) is 15.1. The molecule has 9 heteroatoms. The van der Waals surface area contributed by atoms with Crippen LogP contribution in [0.3, 0.4) is 0 Å². The highest BCUT2D eigenvalue weighted by molar-refractivity contribution is 8.00. The van der Waals surface area contributed by atoms with E-state index in [0.717, 1.165) is 4.90 Å². The Balaban J connectivity index is 1.50. The van der Waals surface area contributed by atoms with E-state index in [1.54, 1.807) is 72.8 Å². The van der Waals surface area contributed by atoms with Gasteiger partial charge in [0.15, 0.2) is 0 Å². The molecule has 0 aromatic heterocycles. The molecule has 43 heavy (non-hydrogen) atoms. The number of halogens is 1. The van der Waals surface area contributed by atoms with Crippen LogP contribution in [0.2, 0.25) is 5.02 Å². The third-order valence-electron chi connectivity index (χ3n) is 6.17. The maximum Gasteiger partial charge on any atom is 0.272 e. The van der Waals surface area contributed by atoms with E-state index < -0.39 is 11.8 Å². The second kappa shape index (κ2) is 15.6. The molecule has 0 fully saturated rings. The van der Waals surface area contributed by atoms with Crippen molar-refractivity contribution in [1.82, 2.24) is 5.32 Å². The largest absolute Gasteiger partial charge is 0.492 e. The Hall–Kier alpha value is -4.53. The molecule has 0 saturated heterocycles. The van der Waals surface area contributed by atoms with E-state index in [1.807, 2.05) is 50.2 Å². The van der Waals surface area contributed by atoms with Crippen molar-refractivity contribution in [2.45, 2.75) is 30.4 Å². The van der Waals surface area contributed by atoms with E-state index in [-0.39, 0.29) is 16.9 Å². The molecule has 0 aliphatic heterocycles. The van der Waals surface area contributed by atoms with Gasteiger partial charge < -0.3 is 20.7 Å². The fourth-order valence-electron chi connectivity index (χ4n) is 4.10. The van der Waals surface area contributed by atoms with Gasteiger partial charge in [0.05, 0.1) is 17.5 Å². The van der Waals surface area contributed by atoms with E-state index in [9.17, 15) is 14.4 Å². The maximum absolute atomic E-state index is 13.4. The number of anilines is 2. The van der Waals surface area contributed by atoms with Gasteiger partial charge in [0.1, 0.15) is 11.4 Å².